The maximum atomic E-state index is 12.4. The Balaban J connectivity index is 0.00000225. The first-order valence-electron chi connectivity index (χ1n) is 8.09. The lowest BCUT2D eigenvalue weighted by atomic mass is 10.1. The van der Waals surface area contributed by atoms with Crippen molar-refractivity contribution in [2.75, 3.05) is 25.4 Å². The van der Waals surface area contributed by atoms with E-state index in [4.69, 9.17) is 5.73 Å². The van der Waals surface area contributed by atoms with Gasteiger partial charge >= 0.3 is 0 Å². The van der Waals surface area contributed by atoms with Gasteiger partial charge in [-0.05, 0) is 31.4 Å². The summed E-state index contributed by atoms with van der Waals surface area (Å²) in [6, 6.07) is 6.52. The molecule has 0 bridgehead atoms. The molecule has 2 aliphatic rings. The second-order valence-corrected chi connectivity index (χ2v) is 8.33. The van der Waals surface area contributed by atoms with Gasteiger partial charge in [-0.3, -0.25) is 14.5 Å². The molecule has 2 heterocycles. The Kier molecular flexibility index (Phi) is 6.21. The highest BCUT2D eigenvalue weighted by molar-refractivity contribution is 7.89. The number of amides is 2. The smallest absolute Gasteiger partial charge is 0.261 e. The second kappa shape index (κ2) is 7.82. The molecule has 2 N–H and O–H groups in total. The molecule has 0 spiro atoms. The van der Waals surface area contributed by atoms with Crippen molar-refractivity contribution in [2.24, 2.45) is 5.73 Å². The number of nitrogens with zero attached hydrogens (tertiary/aromatic N) is 2. The zero-order valence-electron chi connectivity index (χ0n) is 13.8. The van der Waals surface area contributed by atoms with Crippen molar-refractivity contribution in [3.8, 4) is 0 Å². The fourth-order valence-electron chi connectivity index (χ4n) is 3.20. The third-order valence-electron chi connectivity index (χ3n) is 4.48. The third-order valence-corrected chi connectivity index (χ3v) is 6.40. The fraction of sp³-hybridized carbons (Fsp3) is 0.500. The summed E-state index contributed by atoms with van der Waals surface area (Å²) in [6.07, 6.45) is 1.82. The van der Waals surface area contributed by atoms with Gasteiger partial charge in [-0.25, -0.2) is 12.7 Å². The molecule has 1 saturated heterocycles. The van der Waals surface area contributed by atoms with E-state index < -0.39 is 10.0 Å². The first-order valence-corrected chi connectivity index (χ1v) is 9.70. The number of hydrogen-bond donors (Lipinski definition) is 1. The minimum atomic E-state index is -3.41. The van der Waals surface area contributed by atoms with Gasteiger partial charge in [0.05, 0.1) is 16.9 Å². The number of benzene rings is 1. The number of rotatable bonds is 5. The van der Waals surface area contributed by atoms with Crippen LogP contribution in [0.1, 0.15) is 40.0 Å². The van der Waals surface area contributed by atoms with Crippen molar-refractivity contribution in [1.82, 2.24) is 9.21 Å². The van der Waals surface area contributed by atoms with Crippen LogP contribution in [0.25, 0.3) is 0 Å². The quantitative estimate of drug-likeness (QED) is 0.755. The number of nitrogens with two attached hydrogens (primary N) is 1. The van der Waals surface area contributed by atoms with Gasteiger partial charge in [0, 0.05) is 25.7 Å². The van der Waals surface area contributed by atoms with Gasteiger partial charge in [-0.15, -0.1) is 12.4 Å². The minimum Gasteiger partial charge on any atom is -0.327 e. The number of imide groups is 1. The van der Waals surface area contributed by atoms with E-state index in [1.807, 2.05) is 0 Å². The summed E-state index contributed by atoms with van der Waals surface area (Å²) >= 11 is 0. The summed E-state index contributed by atoms with van der Waals surface area (Å²) in [5, 5.41) is 0. The predicted molar refractivity (Wildman–Crippen MR) is 96.2 cm³/mol. The molecule has 0 radical (unpaired) electrons. The van der Waals surface area contributed by atoms with Crippen LogP contribution in [-0.4, -0.2) is 60.9 Å². The Hall–Kier alpha value is -1.48. The molecular formula is C16H22ClN3O4S. The van der Waals surface area contributed by atoms with Crippen LogP contribution in [0.3, 0.4) is 0 Å². The van der Waals surface area contributed by atoms with Crippen molar-refractivity contribution in [2.45, 2.75) is 25.3 Å². The highest BCUT2D eigenvalue weighted by atomic mass is 35.5. The van der Waals surface area contributed by atoms with Gasteiger partial charge in [0.15, 0.2) is 0 Å². The molecule has 1 unspecified atom stereocenters. The number of fused-ring (bicyclic) bond motifs is 1. The van der Waals surface area contributed by atoms with Crippen LogP contribution in [-0.2, 0) is 10.0 Å². The Morgan fingerprint density at radius 1 is 1.12 bits per heavy atom. The molecule has 1 fully saturated rings. The predicted octanol–water partition coefficient (Wildman–Crippen LogP) is 0.847. The number of sulfonamides is 1. The van der Waals surface area contributed by atoms with Gasteiger partial charge < -0.3 is 5.73 Å². The normalized spacial score (nSPS) is 21.2. The van der Waals surface area contributed by atoms with Gasteiger partial charge in [-0.2, -0.15) is 0 Å². The first-order chi connectivity index (χ1) is 11.4. The number of carbonyl (C=O) groups excluding carboxylic acids is 2. The molecule has 0 saturated carbocycles. The molecule has 2 aliphatic heterocycles. The van der Waals surface area contributed by atoms with Gasteiger partial charge in [0.2, 0.25) is 10.0 Å². The molecule has 25 heavy (non-hydrogen) atoms. The highest BCUT2D eigenvalue weighted by Crippen LogP contribution is 2.22. The highest BCUT2D eigenvalue weighted by Gasteiger charge is 2.35. The van der Waals surface area contributed by atoms with Crippen LogP contribution in [0.2, 0.25) is 0 Å². The molecule has 9 heteroatoms. The molecule has 7 nitrogen and oxygen atoms in total. The topological polar surface area (TPSA) is 101 Å². The average Bonchev–Trinajstić information content (AvgIpc) is 2.80. The van der Waals surface area contributed by atoms with Crippen molar-refractivity contribution in [1.29, 1.82) is 0 Å². The van der Waals surface area contributed by atoms with Crippen LogP contribution in [0.4, 0.5) is 0 Å². The minimum absolute atomic E-state index is 0. The van der Waals surface area contributed by atoms with E-state index in [2.05, 4.69) is 0 Å². The van der Waals surface area contributed by atoms with Crippen molar-refractivity contribution in [3.63, 3.8) is 0 Å². The monoisotopic (exact) mass is 387 g/mol. The van der Waals surface area contributed by atoms with Crippen LogP contribution >= 0.6 is 12.4 Å². The molecular weight excluding hydrogens is 366 g/mol. The largest absolute Gasteiger partial charge is 0.327 e. The number of halogens is 1. The van der Waals surface area contributed by atoms with Gasteiger partial charge in [-0.1, -0.05) is 12.1 Å². The van der Waals surface area contributed by atoms with Crippen LogP contribution in [0, 0.1) is 0 Å². The summed E-state index contributed by atoms with van der Waals surface area (Å²) in [5.41, 5.74) is 6.60. The lowest BCUT2D eigenvalue weighted by molar-refractivity contribution is 0.0654. The number of piperidine rings is 1. The van der Waals surface area contributed by atoms with E-state index in [0.29, 0.717) is 24.2 Å². The molecule has 1 aromatic rings. The molecule has 138 valence electrons. The molecule has 1 atom stereocenters. The Labute approximate surface area is 153 Å². The summed E-state index contributed by atoms with van der Waals surface area (Å²) in [7, 11) is -3.41. The SMILES string of the molecule is Cl.NC1CCCN(S(=O)(=O)CCCN2C(=O)c3ccccc3C2=O)C1. The summed E-state index contributed by atoms with van der Waals surface area (Å²) in [4.78, 5) is 25.6. The molecule has 0 aliphatic carbocycles. The summed E-state index contributed by atoms with van der Waals surface area (Å²) in [6.45, 7) is 0.934. The van der Waals surface area contributed by atoms with E-state index >= 15 is 0 Å². The van der Waals surface area contributed by atoms with Crippen molar-refractivity contribution < 1.29 is 18.0 Å². The van der Waals surface area contributed by atoms with Gasteiger partial charge in [0.1, 0.15) is 0 Å². The van der Waals surface area contributed by atoms with E-state index in [1.54, 1.807) is 24.3 Å². The van der Waals surface area contributed by atoms with E-state index in [-0.39, 0.29) is 49.0 Å². The fourth-order valence-corrected chi connectivity index (χ4v) is 4.78. The Bertz CT molecular complexity index is 733. The van der Waals surface area contributed by atoms with Crippen LogP contribution in [0.15, 0.2) is 24.3 Å². The Morgan fingerprint density at radius 2 is 1.72 bits per heavy atom. The molecule has 2 amide bonds. The molecule has 1 aromatic carbocycles. The average molecular weight is 388 g/mol. The maximum Gasteiger partial charge on any atom is 0.261 e. The standard InChI is InChI=1S/C16H21N3O4S.ClH/c17-12-5-3-8-18(11-12)24(22,23)10-4-9-19-15(20)13-6-1-2-7-14(13)16(19)21;/h1-2,6-7,12H,3-5,8-11,17H2;1H. The van der Waals surface area contributed by atoms with Gasteiger partial charge in [0.25, 0.3) is 11.8 Å². The molecule has 0 aromatic heterocycles. The van der Waals surface area contributed by atoms with E-state index in [9.17, 15) is 18.0 Å². The zero-order valence-corrected chi connectivity index (χ0v) is 15.4. The van der Waals surface area contributed by atoms with Crippen LogP contribution in [0.5, 0.6) is 0 Å². The van der Waals surface area contributed by atoms with E-state index in [1.165, 1.54) is 4.31 Å². The zero-order chi connectivity index (χ0) is 17.3. The second-order valence-electron chi connectivity index (χ2n) is 6.24. The number of hydrogen-bond acceptors (Lipinski definition) is 5. The lowest BCUT2D eigenvalue weighted by Gasteiger charge is -2.30. The third kappa shape index (κ3) is 4.03. The first kappa shape index (κ1) is 19.8. The summed E-state index contributed by atoms with van der Waals surface area (Å²) < 4.78 is 26.2. The maximum absolute atomic E-state index is 12.4. The summed E-state index contributed by atoms with van der Waals surface area (Å²) in [5.74, 6) is -0.798. The van der Waals surface area contributed by atoms with Crippen molar-refractivity contribution >= 4 is 34.2 Å². The van der Waals surface area contributed by atoms with Crippen molar-refractivity contribution in [3.05, 3.63) is 35.4 Å². The molecule has 3 rings (SSSR count). The van der Waals surface area contributed by atoms with E-state index in [0.717, 1.165) is 17.7 Å². The number of carbonyl (C=O) groups is 2. The lowest BCUT2D eigenvalue weighted by Crippen LogP contribution is -2.46. The Morgan fingerprint density at radius 3 is 2.28 bits per heavy atom. The van der Waals surface area contributed by atoms with Crippen LogP contribution < -0.4 is 5.73 Å².